The third kappa shape index (κ3) is 4.20. The maximum Gasteiger partial charge on any atom is 0.253 e. The molecule has 2 aliphatic heterocycles. The number of morpholine rings is 1. The average Bonchev–Trinajstić information content (AvgIpc) is 3.07. The van der Waals surface area contributed by atoms with Crippen molar-refractivity contribution in [1.82, 2.24) is 9.21 Å². The first-order valence-electron chi connectivity index (χ1n) is 8.69. The molecule has 2 fully saturated rings. The van der Waals surface area contributed by atoms with Crippen molar-refractivity contribution in [3.05, 3.63) is 29.3 Å². The van der Waals surface area contributed by atoms with E-state index in [-0.39, 0.29) is 29.3 Å². The van der Waals surface area contributed by atoms with Gasteiger partial charge in [-0.2, -0.15) is 4.31 Å². The highest BCUT2D eigenvalue weighted by Gasteiger charge is 2.30. The van der Waals surface area contributed by atoms with Crippen LogP contribution in [0.25, 0.3) is 0 Å². The lowest BCUT2D eigenvalue weighted by molar-refractivity contribution is 0.0730. The van der Waals surface area contributed by atoms with Crippen molar-refractivity contribution >= 4 is 28.3 Å². The van der Waals surface area contributed by atoms with Crippen molar-refractivity contribution in [2.24, 2.45) is 5.73 Å². The van der Waals surface area contributed by atoms with Gasteiger partial charge < -0.3 is 15.4 Å². The summed E-state index contributed by atoms with van der Waals surface area (Å²) in [6.07, 6.45) is 1.36. The minimum atomic E-state index is -3.64. The lowest BCUT2D eigenvalue weighted by Gasteiger charge is -2.27. The van der Waals surface area contributed by atoms with Crippen LogP contribution in [0.3, 0.4) is 0 Å². The standard InChI is InChI=1S/C17H25N3O4S.ClH/c1-2-13-3-4-14(17(21)19-6-5-15(18)12-19)11-16(13)25(22,23)20-7-9-24-10-8-20;/h3-4,11,15H,2,5-10,12,18H2,1H3;1H/t15-;/m1./s1. The molecule has 1 amide bonds. The molecule has 26 heavy (non-hydrogen) atoms. The Balaban J connectivity index is 0.00000243. The second kappa shape index (κ2) is 8.67. The van der Waals surface area contributed by atoms with Gasteiger partial charge in [-0.25, -0.2) is 8.42 Å². The van der Waals surface area contributed by atoms with Gasteiger partial charge in [0.05, 0.1) is 18.1 Å². The Morgan fingerprint density at radius 3 is 2.54 bits per heavy atom. The number of carbonyl (C=O) groups excluding carboxylic acids is 1. The van der Waals surface area contributed by atoms with Crippen LogP contribution in [0.2, 0.25) is 0 Å². The third-order valence-corrected chi connectivity index (χ3v) is 6.78. The van der Waals surface area contributed by atoms with Crippen LogP contribution in [0.15, 0.2) is 23.1 Å². The smallest absolute Gasteiger partial charge is 0.253 e. The Labute approximate surface area is 160 Å². The van der Waals surface area contributed by atoms with E-state index in [4.69, 9.17) is 10.5 Å². The molecule has 0 unspecified atom stereocenters. The summed E-state index contributed by atoms with van der Waals surface area (Å²) in [5.41, 5.74) is 7.00. The van der Waals surface area contributed by atoms with Crippen LogP contribution < -0.4 is 5.73 Å². The number of hydrogen-bond donors (Lipinski definition) is 1. The summed E-state index contributed by atoms with van der Waals surface area (Å²) in [4.78, 5) is 14.6. The highest BCUT2D eigenvalue weighted by Crippen LogP contribution is 2.24. The van der Waals surface area contributed by atoms with Crippen molar-refractivity contribution in [2.45, 2.75) is 30.7 Å². The van der Waals surface area contributed by atoms with Crippen molar-refractivity contribution in [3.8, 4) is 0 Å². The van der Waals surface area contributed by atoms with Crippen molar-refractivity contribution < 1.29 is 17.9 Å². The highest BCUT2D eigenvalue weighted by atomic mass is 35.5. The van der Waals surface area contributed by atoms with Crippen LogP contribution in [0.1, 0.15) is 29.3 Å². The molecule has 2 N–H and O–H groups in total. The molecule has 1 aromatic carbocycles. The molecule has 0 aromatic heterocycles. The SMILES string of the molecule is CCc1ccc(C(=O)N2CC[C@@H](N)C2)cc1S(=O)(=O)N1CCOCC1.Cl. The minimum absolute atomic E-state index is 0. The number of hydrogen-bond acceptors (Lipinski definition) is 5. The second-order valence-electron chi connectivity index (χ2n) is 6.49. The normalized spacial score (nSPS) is 21.5. The Morgan fingerprint density at radius 1 is 1.27 bits per heavy atom. The van der Waals surface area contributed by atoms with Gasteiger partial charge in [0.1, 0.15) is 0 Å². The van der Waals surface area contributed by atoms with Gasteiger partial charge in [-0.05, 0) is 30.5 Å². The van der Waals surface area contributed by atoms with Crippen molar-refractivity contribution in [3.63, 3.8) is 0 Å². The maximum atomic E-state index is 13.0. The van der Waals surface area contributed by atoms with Gasteiger partial charge in [0.25, 0.3) is 5.91 Å². The number of nitrogens with two attached hydrogens (primary N) is 1. The molecular formula is C17H26ClN3O4S. The Hall–Kier alpha value is -1.19. The number of ether oxygens (including phenoxy) is 1. The van der Waals surface area contributed by atoms with Gasteiger partial charge in [-0.3, -0.25) is 4.79 Å². The first kappa shape index (κ1) is 21.1. The second-order valence-corrected chi connectivity index (χ2v) is 8.40. The molecule has 0 aliphatic carbocycles. The molecule has 2 aliphatic rings. The van der Waals surface area contributed by atoms with Crippen LogP contribution in [0.5, 0.6) is 0 Å². The topological polar surface area (TPSA) is 92.9 Å². The first-order valence-corrected chi connectivity index (χ1v) is 10.1. The van der Waals surface area contributed by atoms with E-state index < -0.39 is 10.0 Å². The largest absolute Gasteiger partial charge is 0.379 e. The third-order valence-electron chi connectivity index (χ3n) is 4.79. The lowest BCUT2D eigenvalue weighted by Crippen LogP contribution is -2.41. The summed E-state index contributed by atoms with van der Waals surface area (Å²) in [5, 5.41) is 0. The molecular weight excluding hydrogens is 378 g/mol. The maximum absolute atomic E-state index is 13.0. The molecule has 3 rings (SSSR count). The molecule has 0 saturated carbocycles. The molecule has 0 radical (unpaired) electrons. The summed E-state index contributed by atoms with van der Waals surface area (Å²) >= 11 is 0. The van der Waals surface area contributed by atoms with Crippen LogP contribution in [-0.2, 0) is 21.2 Å². The number of rotatable bonds is 4. The fourth-order valence-electron chi connectivity index (χ4n) is 3.30. The van der Waals surface area contributed by atoms with Crippen LogP contribution in [-0.4, -0.2) is 69.0 Å². The number of carbonyl (C=O) groups is 1. The van der Waals surface area contributed by atoms with Gasteiger partial charge in [0.2, 0.25) is 10.0 Å². The first-order chi connectivity index (χ1) is 11.9. The summed E-state index contributed by atoms with van der Waals surface area (Å²) in [7, 11) is -3.64. The molecule has 1 aromatic rings. The van der Waals surface area contributed by atoms with Crippen molar-refractivity contribution in [2.75, 3.05) is 39.4 Å². The quantitative estimate of drug-likeness (QED) is 0.805. The highest BCUT2D eigenvalue weighted by molar-refractivity contribution is 7.89. The van der Waals surface area contributed by atoms with Gasteiger partial charge in [0.15, 0.2) is 0 Å². The van der Waals surface area contributed by atoms with Crippen LogP contribution in [0.4, 0.5) is 0 Å². The van der Waals surface area contributed by atoms with E-state index in [1.165, 1.54) is 10.4 Å². The molecule has 7 nitrogen and oxygen atoms in total. The predicted octanol–water partition coefficient (Wildman–Crippen LogP) is 0.865. The zero-order valence-corrected chi connectivity index (χ0v) is 16.5. The number of nitrogens with zero attached hydrogens (tertiary/aromatic N) is 2. The van der Waals surface area contributed by atoms with E-state index in [1.807, 2.05) is 6.92 Å². The molecule has 0 bridgehead atoms. The summed E-state index contributed by atoms with van der Waals surface area (Å²) in [5.74, 6) is -0.158. The fraction of sp³-hybridized carbons (Fsp3) is 0.588. The summed E-state index contributed by atoms with van der Waals surface area (Å²) < 4.78 is 32.8. The molecule has 9 heteroatoms. The summed E-state index contributed by atoms with van der Waals surface area (Å²) in [6, 6.07) is 4.98. The number of aryl methyl sites for hydroxylation is 1. The fourth-order valence-corrected chi connectivity index (χ4v) is 5.03. The van der Waals surface area contributed by atoms with E-state index >= 15 is 0 Å². The Morgan fingerprint density at radius 2 is 1.96 bits per heavy atom. The number of benzene rings is 1. The van der Waals surface area contributed by atoms with Crippen LogP contribution >= 0.6 is 12.4 Å². The van der Waals surface area contributed by atoms with Gasteiger partial charge in [0, 0.05) is 37.8 Å². The van der Waals surface area contributed by atoms with E-state index in [9.17, 15) is 13.2 Å². The van der Waals surface area contributed by atoms with Crippen molar-refractivity contribution in [1.29, 1.82) is 0 Å². The molecule has 2 saturated heterocycles. The Bertz CT molecular complexity index is 750. The van der Waals surface area contributed by atoms with E-state index in [0.29, 0.717) is 51.4 Å². The number of halogens is 1. The monoisotopic (exact) mass is 403 g/mol. The van der Waals surface area contributed by atoms with E-state index in [0.717, 1.165) is 12.0 Å². The molecule has 0 spiro atoms. The number of likely N-dealkylation sites (tertiary alicyclic amines) is 1. The predicted molar refractivity (Wildman–Crippen MR) is 101 cm³/mol. The molecule has 1 atom stereocenters. The average molecular weight is 404 g/mol. The van der Waals surface area contributed by atoms with E-state index in [1.54, 1.807) is 17.0 Å². The van der Waals surface area contributed by atoms with Gasteiger partial charge >= 0.3 is 0 Å². The minimum Gasteiger partial charge on any atom is -0.379 e. The van der Waals surface area contributed by atoms with Gasteiger partial charge in [-0.15, -0.1) is 12.4 Å². The zero-order chi connectivity index (χ0) is 18.0. The number of amides is 1. The number of sulfonamides is 1. The lowest BCUT2D eigenvalue weighted by atomic mass is 10.1. The van der Waals surface area contributed by atoms with E-state index in [2.05, 4.69) is 0 Å². The molecule has 2 heterocycles. The molecule has 146 valence electrons. The Kier molecular flexibility index (Phi) is 7.04. The van der Waals surface area contributed by atoms with Gasteiger partial charge in [-0.1, -0.05) is 13.0 Å². The van der Waals surface area contributed by atoms with Crippen LogP contribution in [0, 0.1) is 0 Å². The summed E-state index contributed by atoms with van der Waals surface area (Å²) in [6.45, 7) is 4.50. The zero-order valence-electron chi connectivity index (χ0n) is 14.9.